The second-order valence-corrected chi connectivity index (χ2v) is 4.90. The number of nitrogens with one attached hydrogen (secondary N) is 1. The molecule has 7 heteroatoms. The molecule has 0 spiro atoms. The van der Waals surface area contributed by atoms with E-state index in [4.69, 9.17) is 10.5 Å². The predicted octanol–water partition coefficient (Wildman–Crippen LogP) is 2.61. The second-order valence-electron chi connectivity index (χ2n) is 4.90. The largest absolute Gasteiger partial charge is 0.497 e. The molecule has 1 amide bonds. The van der Waals surface area contributed by atoms with Crippen LogP contribution in [0, 0.1) is 5.92 Å². The van der Waals surface area contributed by atoms with E-state index in [1.54, 1.807) is 0 Å². The van der Waals surface area contributed by atoms with Gasteiger partial charge in [-0.05, 0) is 18.1 Å². The van der Waals surface area contributed by atoms with Gasteiger partial charge >= 0.3 is 6.61 Å². The number of carbonyl (C=O) groups is 1. The van der Waals surface area contributed by atoms with E-state index in [1.807, 2.05) is 13.8 Å². The average molecular weight is 302 g/mol. The number of alkyl halides is 2. The first-order chi connectivity index (χ1) is 9.83. The fraction of sp³-hybridized carbons (Fsp3) is 0.500. The Labute approximate surface area is 122 Å². The summed E-state index contributed by atoms with van der Waals surface area (Å²) in [5.41, 5.74) is 5.93. The van der Waals surface area contributed by atoms with Crippen molar-refractivity contribution < 1.29 is 23.0 Å². The van der Waals surface area contributed by atoms with Crippen LogP contribution in [0.25, 0.3) is 0 Å². The van der Waals surface area contributed by atoms with E-state index in [1.165, 1.54) is 25.3 Å². The van der Waals surface area contributed by atoms with Crippen molar-refractivity contribution in [2.75, 3.05) is 12.4 Å². The van der Waals surface area contributed by atoms with Crippen LogP contribution in [0.2, 0.25) is 0 Å². The number of rotatable bonds is 7. The van der Waals surface area contributed by atoms with Gasteiger partial charge in [-0.2, -0.15) is 8.78 Å². The highest BCUT2D eigenvalue weighted by molar-refractivity contribution is 5.92. The Morgan fingerprint density at radius 2 is 2.05 bits per heavy atom. The molecule has 0 aliphatic rings. The average Bonchev–Trinajstić information content (AvgIpc) is 2.39. The zero-order valence-electron chi connectivity index (χ0n) is 12.2. The molecule has 0 saturated carbocycles. The number of benzene rings is 1. The van der Waals surface area contributed by atoms with Crippen LogP contribution in [-0.4, -0.2) is 25.7 Å². The lowest BCUT2D eigenvalue weighted by molar-refractivity contribution is -0.116. The molecule has 0 bridgehead atoms. The van der Waals surface area contributed by atoms with Crippen LogP contribution in [-0.2, 0) is 4.79 Å². The number of hydrogen-bond acceptors (Lipinski definition) is 4. The highest BCUT2D eigenvalue weighted by atomic mass is 19.3. The van der Waals surface area contributed by atoms with Gasteiger partial charge in [0, 0.05) is 18.5 Å². The lowest BCUT2D eigenvalue weighted by atomic mass is 10.0. The lowest BCUT2D eigenvalue weighted by Crippen LogP contribution is -2.31. The Balaban J connectivity index is 2.86. The van der Waals surface area contributed by atoms with E-state index in [9.17, 15) is 13.6 Å². The van der Waals surface area contributed by atoms with E-state index in [0.29, 0.717) is 5.75 Å². The summed E-state index contributed by atoms with van der Waals surface area (Å²) in [5, 5.41) is 2.52. The number of nitrogens with two attached hydrogens (primary N) is 1. The number of hydrogen-bond donors (Lipinski definition) is 2. The zero-order valence-corrected chi connectivity index (χ0v) is 12.2. The number of methoxy groups -OCH3 is 1. The number of ether oxygens (including phenoxy) is 2. The third-order valence-corrected chi connectivity index (χ3v) is 2.95. The SMILES string of the molecule is COc1ccc(OC(F)F)c(NC(=O)CC(N)C(C)C)c1. The van der Waals surface area contributed by atoms with Gasteiger partial charge in [-0.1, -0.05) is 13.8 Å². The fourth-order valence-corrected chi connectivity index (χ4v) is 1.58. The highest BCUT2D eigenvalue weighted by Crippen LogP contribution is 2.30. The molecular formula is C14H20F2N2O3. The van der Waals surface area contributed by atoms with Crippen molar-refractivity contribution in [3.05, 3.63) is 18.2 Å². The van der Waals surface area contributed by atoms with Crippen LogP contribution in [0.4, 0.5) is 14.5 Å². The second kappa shape index (κ2) is 7.78. The molecule has 21 heavy (non-hydrogen) atoms. The lowest BCUT2D eigenvalue weighted by Gasteiger charge is -2.17. The minimum atomic E-state index is -2.98. The molecule has 1 aromatic carbocycles. The molecule has 1 aromatic rings. The summed E-state index contributed by atoms with van der Waals surface area (Å²) in [6, 6.07) is 3.88. The van der Waals surface area contributed by atoms with Gasteiger partial charge in [-0.25, -0.2) is 0 Å². The summed E-state index contributed by atoms with van der Waals surface area (Å²) in [6.07, 6.45) is 0.0863. The summed E-state index contributed by atoms with van der Waals surface area (Å²) in [4.78, 5) is 11.9. The Hall–Kier alpha value is -1.89. The Morgan fingerprint density at radius 3 is 2.57 bits per heavy atom. The van der Waals surface area contributed by atoms with E-state index >= 15 is 0 Å². The van der Waals surface area contributed by atoms with Gasteiger partial charge in [0.15, 0.2) is 0 Å². The molecule has 118 valence electrons. The summed E-state index contributed by atoms with van der Waals surface area (Å²) >= 11 is 0. The summed E-state index contributed by atoms with van der Waals surface area (Å²) < 4.78 is 34.1. The van der Waals surface area contributed by atoms with Gasteiger partial charge in [0.2, 0.25) is 5.91 Å². The van der Waals surface area contributed by atoms with Crippen molar-refractivity contribution in [3.63, 3.8) is 0 Å². The van der Waals surface area contributed by atoms with Gasteiger partial charge in [0.1, 0.15) is 11.5 Å². The number of carbonyl (C=O) groups excluding carboxylic acids is 1. The third-order valence-electron chi connectivity index (χ3n) is 2.95. The Kier molecular flexibility index (Phi) is 6.36. The van der Waals surface area contributed by atoms with E-state index in [2.05, 4.69) is 10.1 Å². The van der Waals surface area contributed by atoms with Gasteiger partial charge in [-0.3, -0.25) is 4.79 Å². The maximum absolute atomic E-state index is 12.4. The summed E-state index contributed by atoms with van der Waals surface area (Å²) in [7, 11) is 1.43. The molecule has 5 nitrogen and oxygen atoms in total. The van der Waals surface area contributed by atoms with Crippen molar-refractivity contribution in [1.82, 2.24) is 0 Å². The molecule has 0 fully saturated rings. The monoisotopic (exact) mass is 302 g/mol. The molecule has 1 unspecified atom stereocenters. The van der Waals surface area contributed by atoms with Gasteiger partial charge < -0.3 is 20.5 Å². The number of halogens is 2. The predicted molar refractivity (Wildman–Crippen MR) is 75.7 cm³/mol. The third kappa shape index (κ3) is 5.55. The van der Waals surface area contributed by atoms with E-state index < -0.39 is 6.61 Å². The van der Waals surface area contributed by atoms with Gasteiger partial charge in [0.05, 0.1) is 12.8 Å². The van der Waals surface area contributed by atoms with Gasteiger partial charge in [-0.15, -0.1) is 0 Å². The molecular weight excluding hydrogens is 282 g/mol. The molecule has 0 heterocycles. The maximum Gasteiger partial charge on any atom is 0.387 e. The van der Waals surface area contributed by atoms with Crippen molar-refractivity contribution in [3.8, 4) is 11.5 Å². The fourth-order valence-electron chi connectivity index (χ4n) is 1.58. The smallest absolute Gasteiger partial charge is 0.387 e. The molecule has 0 aromatic heterocycles. The first-order valence-corrected chi connectivity index (χ1v) is 6.51. The topological polar surface area (TPSA) is 73.6 Å². The molecule has 0 aliphatic heterocycles. The van der Waals surface area contributed by atoms with Crippen molar-refractivity contribution in [2.24, 2.45) is 11.7 Å². The standard InChI is InChI=1S/C14H20F2N2O3/c1-8(2)10(17)7-13(19)18-11-6-9(20-3)4-5-12(11)21-14(15)16/h4-6,8,10,14H,7,17H2,1-3H3,(H,18,19). The van der Waals surface area contributed by atoms with Crippen molar-refractivity contribution in [1.29, 1.82) is 0 Å². The van der Waals surface area contributed by atoms with Crippen LogP contribution in [0.15, 0.2) is 18.2 Å². The number of amides is 1. The highest BCUT2D eigenvalue weighted by Gasteiger charge is 2.16. The van der Waals surface area contributed by atoms with Crippen LogP contribution in [0.3, 0.4) is 0 Å². The molecule has 3 N–H and O–H groups in total. The molecule has 1 atom stereocenters. The normalized spacial score (nSPS) is 12.4. The van der Waals surface area contributed by atoms with E-state index in [0.717, 1.165) is 0 Å². The van der Waals surface area contributed by atoms with E-state index in [-0.39, 0.29) is 35.7 Å². The summed E-state index contributed by atoms with van der Waals surface area (Å²) in [5.74, 6) is 0.0544. The van der Waals surface area contributed by atoms with Crippen LogP contribution in [0.5, 0.6) is 11.5 Å². The van der Waals surface area contributed by atoms with Gasteiger partial charge in [0.25, 0.3) is 0 Å². The van der Waals surface area contributed by atoms with Crippen LogP contribution in [0.1, 0.15) is 20.3 Å². The van der Waals surface area contributed by atoms with Crippen LogP contribution < -0.4 is 20.5 Å². The first kappa shape index (κ1) is 17.2. The molecule has 0 aliphatic carbocycles. The van der Waals surface area contributed by atoms with Crippen molar-refractivity contribution >= 4 is 11.6 Å². The Morgan fingerprint density at radius 1 is 1.38 bits per heavy atom. The maximum atomic E-state index is 12.4. The minimum Gasteiger partial charge on any atom is -0.497 e. The Bertz CT molecular complexity index is 481. The van der Waals surface area contributed by atoms with Crippen molar-refractivity contribution in [2.45, 2.75) is 32.9 Å². The summed E-state index contributed by atoms with van der Waals surface area (Å²) in [6.45, 7) is 0.816. The first-order valence-electron chi connectivity index (χ1n) is 6.51. The molecule has 0 saturated heterocycles. The van der Waals surface area contributed by atoms with Crippen LogP contribution >= 0.6 is 0 Å². The number of anilines is 1. The molecule has 0 radical (unpaired) electrons. The molecule has 1 rings (SSSR count). The zero-order chi connectivity index (χ0) is 16.0. The quantitative estimate of drug-likeness (QED) is 0.812. The minimum absolute atomic E-state index is 0.0863.